The first kappa shape index (κ1) is 11.5. The van der Waals surface area contributed by atoms with E-state index in [0.717, 1.165) is 32.6 Å². The molecule has 0 aromatic carbocycles. The van der Waals surface area contributed by atoms with Gasteiger partial charge in [0.05, 0.1) is 0 Å². The number of hydrogen-bond acceptors (Lipinski definition) is 3. The molecule has 1 aliphatic rings. The van der Waals surface area contributed by atoms with Crippen molar-refractivity contribution < 1.29 is 14.6 Å². The van der Waals surface area contributed by atoms with E-state index in [4.69, 9.17) is 9.84 Å². The molecule has 1 heterocycles. The lowest BCUT2D eigenvalue weighted by molar-refractivity contribution is -0.138. The summed E-state index contributed by atoms with van der Waals surface area (Å²) in [7, 11) is 1.74. The van der Waals surface area contributed by atoms with Crippen molar-refractivity contribution in [3.05, 3.63) is 0 Å². The highest BCUT2D eigenvalue weighted by Gasteiger charge is 2.20. The molecule has 4 heteroatoms. The van der Waals surface area contributed by atoms with Gasteiger partial charge in [-0.25, -0.2) is 0 Å². The number of likely N-dealkylation sites (N-methyl/N-ethyl adjacent to an activating group) is 1. The van der Waals surface area contributed by atoms with Crippen LogP contribution in [0.15, 0.2) is 0 Å². The summed E-state index contributed by atoms with van der Waals surface area (Å²) in [4.78, 5) is 13.0. The molecule has 1 aliphatic heterocycles. The highest BCUT2D eigenvalue weighted by molar-refractivity contribution is 5.79. The van der Waals surface area contributed by atoms with E-state index in [9.17, 15) is 4.79 Å². The molecule has 4 nitrogen and oxygen atoms in total. The summed E-state index contributed by atoms with van der Waals surface area (Å²) in [5.41, 5.74) is 0. The molecule has 1 atom stereocenters. The number of nitrogens with zero attached hydrogens (tertiary/aromatic N) is 1. The Bertz CT molecular complexity index is 188. The van der Waals surface area contributed by atoms with Gasteiger partial charge in [-0.3, -0.25) is 4.79 Å². The number of hydrogen-bond donors (Lipinski definition) is 1. The highest BCUT2D eigenvalue weighted by atomic mass is 16.5. The maximum Gasteiger partial charge on any atom is 0.250 e. The number of ether oxygens (including phenoxy) is 1. The lowest BCUT2D eigenvalue weighted by Crippen LogP contribution is -2.39. The van der Waals surface area contributed by atoms with Gasteiger partial charge in [-0.2, -0.15) is 0 Å². The molecule has 1 amide bonds. The summed E-state index contributed by atoms with van der Waals surface area (Å²) < 4.78 is 5.24. The Kier molecular flexibility index (Phi) is 4.35. The molecular formula is C10H19NO3. The number of carbonyl (C=O) groups is 1. The van der Waals surface area contributed by atoms with Gasteiger partial charge in [0, 0.05) is 26.8 Å². The first-order valence-corrected chi connectivity index (χ1v) is 5.12. The molecule has 0 aromatic heterocycles. The Balaban J connectivity index is 2.31. The number of rotatable bonds is 3. The Hall–Kier alpha value is -0.610. The van der Waals surface area contributed by atoms with E-state index in [0.29, 0.717) is 5.92 Å². The fraction of sp³-hybridized carbons (Fsp3) is 0.900. The first-order chi connectivity index (χ1) is 6.61. The Labute approximate surface area is 84.8 Å². The van der Waals surface area contributed by atoms with E-state index in [1.807, 2.05) is 0 Å². The summed E-state index contributed by atoms with van der Waals surface area (Å²) >= 11 is 0. The second-order valence-corrected chi connectivity index (χ2v) is 3.95. The summed E-state index contributed by atoms with van der Waals surface area (Å²) in [6, 6.07) is 0. The van der Waals surface area contributed by atoms with Crippen LogP contribution in [-0.2, 0) is 9.53 Å². The van der Waals surface area contributed by atoms with Crippen LogP contribution < -0.4 is 0 Å². The second-order valence-electron chi connectivity index (χ2n) is 3.95. The first-order valence-electron chi connectivity index (χ1n) is 5.12. The Morgan fingerprint density at radius 1 is 1.57 bits per heavy atom. The lowest BCUT2D eigenvalue weighted by atomic mass is 10.00. The molecule has 82 valence electrons. The predicted molar refractivity (Wildman–Crippen MR) is 52.9 cm³/mol. The van der Waals surface area contributed by atoms with Crippen molar-refractivity contribution in [2.45, 2.75) is 25.9 Å². The molecule has 14 heavy (non-hydrogen) atoms. The molecule has 0 saturated carbocycles. The minimum Gasteiger partial charge on any atom is -0.384 e. The smallest absolute Gasteiger partial charge is 0.250 e. The van der Waals surface area contributed by atoms with Crippen LogP contribution in [0.2, 0.25) is 0 Å². The second kappa shape index (κ2) is 5.32. The quantitative estimate of drug-likeness (QED) is 0.712. The molecule has 0 aromatic rings. The maximum absolute atomic E-state index is 11.4. The van der Waals surface area contributed by atoms with E-state index < -0.39 is 6.10 Å². The number of carbonyl (C=O) groups excluding carboxylic acids is 1. The molecule has 1 saturated heterocycles. The third-order valence-electron chi connectivity index (χ3n) is 2.61. The van der Waals surface area contributed by atoms with E-state index in [1.54, 1.807) is 11.9 Å². The van der Waals surface area contributed by atoms with Crippen molar-refractivity contribution in [1.29, 1.82) is 0 Å². The van der Waals surface area contributed by atoms with Crippen LogP contribution >= 0.6 is 0 Å². The number of aliphatic hydroxyl groups is 1. The van der Waals surface area contributed by atoms with Gasteiger partial charge in [-0.15, -0.1) is 0 Å². The molecular weight excluding hydrogens is 182 g/mol. The van der Waals surface area contributed by atoms with Gasteiger partial charge in [0.25, 0.3) is 5.91 Å². The van der Waals surface area contributed by atoms with E-state index in [1.165, 1.54) is 6.92 Å². The zero-order chi connectivity index (χ0) is 10.6. The monoisotopic (exact) mass is 201 g/mol. The van der Waals surface area contributed by atoms with Crippen LogP contribution in [0, 0.1) is 5.92 Å². The molecule has 1 fully saturated rings. The molecule has 1 unspecified atom stereocenters. The van der Waals surface area contributed by atoms with E-state index in [2.05, 4.69) is 0 Å². The Morgan fingerprint density at radius 3 is 2.64 bits per heavy atom. The summed E-state index contributed by atoms with van der Waals surface area (Å²) in [6.07, 6.45) is 1.13. The van der Waals surface area contributed by atoms with Crippen LogP contribution in [0.25, 0.3) is 0 Å². The van der Waals surface area contributed by atoms with Crippen LogP contribution in [0.3, 0.4) is 0 Å². The van der Waals surface area contributed by atoms with Crippen molar-refractivity contribution in [1.82, 2.24) is 4.90 Å². The topological polar surface area (TPSA) is 49.8 Å². The minimum absolute atomic E-state index is 0.198. The SMILES string of the molecule is CC(O)C(=O)N(C)CC1CCOCC1. The summed E-state index contributed by atoms with van der Waals surface area (Å²) in [6.45, 7) is 3.82. The van der Waals surface area contributed by atoms with Crippen LogP contribution in [0.4, 0.5) is 0 Å². The van der Waals surface area contributed by atoms with Gasteiger partial charge in [-0.05, 0) is 25.7 Å². The largest absolute Gasteiger partial charge is 0.384 e. The average molecular weight is 201 g/mol. The van der Waals surface area contributed by atoms with Gasteiger partial charge in [0.2, 0.25) is 0 Å². The zero-order valence-electron chi connectivity index (χ0n) is 8.90. The van der Waals surface area contributed by atoms with Crippen molar-refractivity contribution in [3.63, 3.8) is 0 Å². The lowest BCUT2D eigenvalue weighted by Gasteiger charge is -2.27. The molecule has 1 rings (SSSR count). The standard InChI is InChI=1S/C10H19NO3/c1-8(12)10(13)11(2)7-9-3-5-14-6-4-9/h8-9,12H,3-7H2,1-2H3. The predicted octanol–water partition coefficient (Wildman–Crippen LogP) is 0.252. The van der Waals surface area contributed by atoms with Crippen molar-refractivity contribution in [2.24, 2.45) is 5.92 Å². The maximum atomic E-state index is 11.4. The van der Waals surface area contributed by atoms with Crippen molar-refractivity contribution in [2.75, 3.05) is 26.8 Å². The number of amides is 1. The van der Waals surface area contributed by atoms with Gasteiger partial charge < -0.3 is 14.7 Å². The molecule has 0 bridgehead atoms. The summed E-state index contributed by atoms with van der Waals surface area (Å²) in [5.74, 6) is 0.327. The molecule has 0 spiro atoms. The normalized spacial score (nSPS) is 20.5. The van der Waals surface area contributed by atoms with Gasteiger partial charge in [0.15, 0.2) is 0 Å². The minimum atomic E-state index is -0.889. The number of aliphatic hydroxyl groups excluding tert-OH is 1. The van der Waals surface area contributed by atoms with Crippen LogP contribution in [0.5, 0.6) is 0 Å². The van der Waals surface area contributed by atoms with Crippen LogP contribution in [0.1, 0.15) is 19.8 Å². The fourth-order valence-electron chi connectivity index (χ4n) is 1.73. The highest BCUT2D eigenvalue weighted by Crippen LogP contribution is 2.15. The zero-order valence-corrected chi connectivity index (χ0v) is 8.90. The third-order valence-corrected chi connectivity index (χ3v) is 2.61. The van der Waals surface area contributed by atoms with Gasteiger partial charge >= 0.3 is 0 Å². The van der Waals surface area contributed by atoms with E-state index in [-0.39, 0.29) is 5.91 Å². The fourth-order valence-corrected chi connectivity index (χ4v) is 1.73. The molecule has 1 N–H and O–H groups in total. The average Bonchev–Trinajstić information content (AvgIpc) is 2.18. The van der Waals surface area contributed by atoms with Crippen LogP contribution in [-0.4, -0.2) is 48.8 Å². The van der Waals surface area contributed by atoms with Crippen molar-refractivity contribution in [3.8, 4) is 0 Å². The van der Waals surface area contributed by atoms with Crippen molar-refractivity contribution >= 4 is 5.91 Å². The molecule has 0 aliphatic carbocycles. The summed E-state index contributed by atoms with van der Waals surface area (Å²) in [5, 5.41) is 9.10. The third kappa shape index (κ3) is 3.27. The van der Waals surface area contributed by atoms with Gasteiger partial charge in [-0.1, -0.05) is 0 Å². The van der Waals surface area contributed by atoms with Gasteiger partial charge in [0.1, 0.15) is 6.10 Å². The molecule has 0 radical (unpaired) electrons. The Morgan fingerprint density at radius 2 is 2.14 bits per heavy atom. The van der Waals surface area contributed by atoms with E-state index >= 15 is 0 Å².